The van der Waals surface area contributed by atoms with Crippen LogP contribution in [0.5, 0.6) is 5.75 Å². The molecule has 2 aromatic carbocycles. The SMILES string of the molecule is Cc1c(Nc2nc3ccccc3s2)nnc2c1CCCN2c1nc(C(=O)O)c(CCCOc2ccc(C#CC[N+]3(C)CCCC3)cc2F)s1. The van der Waals surface area contributed by atoms with E-state index in [4.69, 9.17) is 4.74 Å². The van der Waals surface area contributed by atoms with E-state index in [-0.39, 0.29) is 18.1 Å². The molecular weight excluding hydrogens is 662 g/mol. The minimum Gasteiger partial charge on any atom is -0.491 e. The molecule has 0 radical (unpaired) electrons. The maximum absolute atomic E-state index is 14.8. The van der Waals surface area contributed by atoms with Crippen LogP contribution in [0.4, 0.5) is 26.3 Å². The summed E-state index contributed by atoms with van der Waals surface area (Å²) >= 11 is 2.90. The molecule has 0 unspecified atom stereocenters. The Morgan fingerprint density at radius 1 is 1.12 bits per heavy atom. The highest BCUT2D eigenvalue weighted by atomic mass is 32.1. The third-order valence-electron chi connectivity index (χ3n) is 9.10. The molecule has 0 saturated carbocycles. The van der Waals surface area contributed by atoms with E-state index in [9.17, 15) is 14.3 Å². The van der Waals surface area contributed by atoms with Crippen molar-refractivity contribution in [2.24, 2.45) is 0 Å². The molecule has 1 saturated heterocycles. The second-order valence-corrected chi connectivity index (χ2v) is 14.8. The Morgan fingerprint density at radius 2 is 1.96 bits per heavy atom. The number of anilines is 4. The van der Waals surface area contributed by atoms with Gasteiger partial charge in [0.1, 0.15) is 6.54 Å². The zero-order valence-corrected chi connectivity index (χ0v) is 29.1. The lowest BCUT2D eigenvalue weighted by Gasteiger charge is -2.28. The van der Waals surface area contributed by atoms with Crippen LogP contribution in [0.2, 0.25) is 0 Å². The maximum Gasteiger partial charge on any atom is 0.355 e. The molecule has 13 heteroatoms. The van der Waals surface area contributed by atoms with Gasteiger partial charge in [0.25, 0.3) is 0 Å². The Morgan fingerprint density at radius 3 is 2.76 bits per heavy atom. The monoisotopic (exact) mass is 698 g/mol. The van der Waals surface area contributed by atoms with Crippen LogP contribution in [0.1, 0.15) is 57.7 Å². The number of ether oxygens (including phenoxy) is 1. The first-order valence-corrected chi connectivity index (χ1v) is 18.1. The van der Waals surface area contributed by atoms with Gasteiger partial charge in [-0.2, -0.15) is 0 Å². The Labute approximate surface area is 292 Å². The number of hydrogen-bond donors (Lipinski definition) is 2. The minimum atomic E-state index is -1.09. The van der Waals surface area contributed by atoms with Crippen molar-refractivity contribution in [1.82, 2.24) is 20.2 Å². The summed E-state index contributed by atoms with van der Waals surface area (Å²) in [5.41, 5.74) is 3.60. The summed E-state index contributed by atoms with van der Waals surface area (Å²) in [6.45, 7) is 5.94. The molecule has 0 aliphatic carbocycles. The van der Waals surface area contributed by atoms with Gasteiger partial charge in [-0.05, 0) is 68.9 Å². The summed E-state index contributed by atoms with van der Waals surface area (Å²) in [7, 11) is 2.22. The number of thiazole rings is 2. The number of aromatic carboxylic acids is 1. The molecule has 5 aromatic rings. The van der Waals surface area contributed by atoms with Gasteiger partial charge < -0.3 is 24.5 Å². The number of nitrogens with zero attached hydrogens (tertiary/aromatic N) is 6. The zero-order valence-electron chi connectivity index (χ0n) is 27.5. The molecule has 0 amide bonds. The van der Waals surface area contributed by atoms with Crippen molar-refractivity contribution in [3.05, 3.63) is 75.5 Å². The van der Waals surface area contributed by atoms with Gasteiger partial charge in [0.15, 0.2) is 39.2 Å². The van der Waals surface area contributed by atoms with Gasteiger partial charge in [0, 0.05) is 41.0 Å². The third kappa shape index (κ3) is 7.22. The van der Waals surface area contributed by atoms with Crippen molar-refractivity contribution in [3.8, 4) is 17.6 Å². The quantitative estimate of drug-likeness (QED) is 0.0895. The number of halogens is 1. The van der Waals surface area contributed by atoms with E-state index in [1.54, 1.807) is 23.5 Å². The molecule has 0 spiro atoms. The van der Waals surface area contributed by atoms with E-state index in [0.29, 0.717) is 46.6 Å². The molecule has 1 fully saturated rings. The van der Waals surface area contributed by atoms with Crippen molar-refractivity contribution in [2.75, 3.05) is 50.1 Å². The Balaban J connectivity index is 0.998. The van der Waals surface area contributed by atoms with Crippen LogP contribution < -0.4 is 15.0 Å². The molecule has 7 rings (SSSR count). The van der Waals surface area contributed by atoms with Gasteiger partial charge in [-0.15, -0.1) is 21.5 Å². The fraction of sp³-hybridized carbons (Fsp3) is 0.361. The number of likely N-dealkylation sites (tertiary alicyclic amines) is 1. The van der Waals surface area contributed by atoms with Crippen LogP contribution in [0.25, 0.3) is 10.2 Å². The summed E-state index contributed by atoms with van der Waals surface area (Å²) < 4.78 is 22.6. The smallest absolute Gasteiger partial charge is 0.355 e. The zero-order chi connectivity index (χ0) is 34.0. The molecule has 3 aromatic heterocycles. The first-order chi connectivity index (χ1) is 23.8. The summed E-state index contributed by atoms with van der Waals surface area (Å²) in [4.78, 5) is 24.0. The molecular formula is C36H37FN7O3S2+. The minimum absolute atomic E-state index is 0.0186. The number of fused-ring (bicyclic) bond motifs is 2. The molecule has 49 heavy (non-hydrogen) atoms. The van der Waals surface area contributed by atoms with Gasteiger partial charge in [0.05, 0.1) is 37.0 Å². The van der Waals surface area contributed by atoms with E-state index in [1.165, 1.54) is 30.2 Å². The number of quaternary nitrogens is 1. The van der Waals surface area contributed by atoms with Crippen molar-refractivity contribution in [3.63, 3.8) is 0 Å². The predicted octanol–water partition coefficient (Wildman–Crippen LogP) is 7.12. The number of aryl methyl sites for hydroxylation is 1. The molecule has 5 heterocycles. The van der Waals surface area contributed by atoms with Crippen LogP contribution in [-0.2, 0) is 12.8 Å². The molecule has 0 bridgehead atoms. The van der Waals surface area contributed by atoms with Crippen LogP contribution in [0.3, 0.4) is 0 Å². The third-order valence-corrected chi connectivity index (χ3v) is 11.2. The number of carbonyl (C=O) groups is 1. The number of rotatable bonds is 10. The molecule has 252 valence electrons. The van der Waals surface area contributed by atoms with E-state index >= 15 is 0 Å². The van der Waals surface area contributed by atoms with Crippen molar-refractivity contribution >= 4 is 60.8 Å². The van der Waals surface area contributed by atoms with E-state index in [0.717, 1.165) is 63.4 Å². The van der Waals surface area contributed by atoms with E-state index in [2.05, 4.69) is 44.4 Å². The van der Waals surface area contributed by atoms with E-state index < -0.39 is 11.8 Å². The summed E-state index contributed by atoms with van der Waals surface area (Å²) in [5, 5.41) is 23.7. The van der Waals surface area contributed by atoms with Crippen LogP contribution >= 0.6 is 22.7 Å². The van der Waals surface area contributed by atoms with Crippen LogP contribution in [0, 0.1) is 24.6 Å². The number of hydrogen-bond acceptors (Lipinski definition) is 10. The fourth-order valence-electron chi connectivity index (χ4n) is 6.40. The number of benzene rings is 2. The highest BCUT2D eigenvalue weighted by Gasteiger charge is 2.29. The normalized spacial score (nSPS) is 15.1. The average molecular weight is 699 g/mol. The topological polar surface area (TPSA) is 113 Å². The number of carboxylic acid groups (broad SMARTS) is 1. The van der Waals surface area contributed by atoms with Crippen molar-refractivity contribution < 1.29 is 23.5 Å². The summed E-state index contributed by atoms with van der Waals surface area (Å²) in [6, 6.07) is 12.8. The van der Waals surface area contributed by atoms with Gasteiger partial charge in [-0.1, -0.05) is 29.4 Å². The second kappa shape index (κ2) is 14.1. The molecule has 2 aliphatic rings. The summed E-state index contributed by atoms with van der Waals surface area (Å²) in [5.74, 6) is 6.25. The highest BCUT2D eigenvalue weighted by molar-refractivity contribution is 7.22. The Hall–Kier alpha value is -4.64. The second-order valence-electron chi connectivity index (χ2n) is 12.7. The average Bonchev–Trinajstić information content (AvgIpc) is 3.83. The Kier molecular flexibility index (Phi) is 9.44. The van der Waals surface area contributed by atoms with Gasteiger partial charge in [-0.3, -0.25) is 0 Å². The van der Waals surface area contributed by atoms with Crippen LogP contribution in [-0.4, -0.2) is 75.6 Å². The molecule has 0 atom stereocenters. The first-order valence-electron chi connectivity index (χ1n) is 16.5. The lowest BCUT2D eigenvalue weighted by molar-refractivity contribution is -0.890. The van der Waals surface area contributed by atoms with Gasteiger partial charge >= 0.3 is 5.97 Å². The first kappa shape index (κ1) is 32.9. The largest absolute Gasteiger partial charge is 0.491 e. The standard InChI is InChI=1S/C36H36FN7O3S2/c1-23-25-11-7-17-43(33(25)42-41-32(23)40-35-38-27-12-3-4-13-29(27)48-35)36-39-31(34(45)46)30(49-36)14-9-21-47-28-16-15-24(22-26(28)37)10-8-20-44(2)18-5-6-19-44/h3-4,12-13,15-16,22H,5-7,9,11,14,17-21H2,1-2H3,(H-,38,40,41,45,46)/p+1. The lowest BCUT2D eigenvalue weighted by atomic mass is 10.0. The number of carboxylic acids is 1. The number of aromatic nitrogens is 4. The predicted molar refractivity (Wildman–Crippen MR) is 191 cm³/mol. The van der Waals surface area contributed by atoms with Crippen molar-refractivity contribution in [1.29, 1.82) is 0 Å². The number of para-hydroxylation sites is 1. The van der Waals surface area contributed by atoms with Crippen LogP contribution in [0.15, 0.2) is 42.5 Å². The van der Waals surface area contributed by atoms with Crippen molar-refractivity contribution in [2.45, 2.75) is 45.4 Å². The summed E-state index contributed by atoms with van der Waals surface area (Å²) in [6.07, 6.45) is 5.07. The molecule has 10 nitrogen and oxygen atoms in total. The van der Waals surface area contributed by atoms with Gasteiger partial charge in [-0.25, -0.2) is 19.2 Å². The number of nitrogens with one attached hydrogen (secondary N) is 1. The molecule has 2 N–H and O–H groups in total. The fourth-order valence-corrected chi connectivity index (χ4v) is 8.39. The molecule has 2 aliphatic heterocycles. The lowest BCUT2D eigenvalue weighted by Crippen LogP contribution is -2.40. The Bertz CT molecular complexity index is 2050. The maximum atomic E-state index is 14.8. The van der Waals surface area contributed by atoms with Gasteiger partial charge in [0.2, 0.25) is 0 Å². The van der Waals surface area contributed by atoms with E-state index in [1.807, 2.05) is 36.1 Å². The highest BCUT2D eigenvalue weighted by Crippen LogP contribution is 2.39.